The average molecular weight is 159 g/mol. The number of hydrogen-bond donors (Lipinski definition) is 0. The Morgan fingerprint density at radius 1 is 1.27 bits per heavy atom. The van der Waals surface area contributed by atoms with Crippen LogP contribution in [0, 0.1) is 0 Å². The molecule has 1 aliphatic heterocycles. The summed E-state index contributed by atoms with van der Waals surface area (Å²) in [5.41, 5.74) is 1.24. The zero-order chi connectivity index (χ0) is 7.68. The van der Waals surface area contributed by atoms with Crippen LogP contribution in [0.2, 0.25) is 0 Å². The quantitative estimate of drug-likeness (QED) is 0.523. The van der Waals surface area contributed by atoms with E-state index in [4.69, 9.17) is 4.74 Å². The van der Waals surface area contributed by atoms with Crippen LogP contribution < -0.4 is 4.74 Å². The van der Waals surface area contributed by atoms with Crippen molar-refractivity contribution in [2.24, 2.45) is 0 Å². The highest BCUT2D eigenvalue weighted by molar-refractivity contribution is 6.20. The van der Waals surface area contributed by atoms with Gasteiger partial charge in [0.25, 0.3) is 0 Å². The molecule has 1 aliphatic rings. The highest BCUT2D eigenvalue weighted by Gasteiger charge is 2.06. The van der Waals surface area contributed by atoms with E-state index in [2.05, 4.69) is 16.3 Å². The number of para-hydroxylation sites is 1. The normalized spacial score (nSPS) is 14.8. The van der Waals surface area contributed by atoms with E-state index >= 15 is 0 Å². The molecule has 2 rings (SSSR count). The van der Waals surface area contributed by atoms with Gasteiger partial charge in [0.2, 0.25) is 0 Å². The zero-order valence-electron chi connectivity index (χ0n) is 6.00. The molecular weight excluding hydrogens is 152 g/mol. The lowest BCUT2D eigenvalue weighted by Crippen LogP contribution is -2.03. The predicted molar refractivity (Wildman–Crippen MR) is 44.6 cm³/mol. The fourth-order valence-electron chi connectivity index (χ4n) is 1.13. The van der Waals surface area contributed by atoms with Crippen molar-refractivity contribution in [2.45, 2.75) is 6.42 Å². The Bertz CT molecular complexity index is 304. The van der Waals surface area contributed by atoms with Gasteiger partial charge in [0.1, 0.15) is 16.0 Å². The van der Waals surface area contributed by atoms with Gasteiger partial charge in [0.05, 0.1) is 5.38 Å². The highest BCUT2D eigenvalue weighted by atomic mass is 28.1. The number of benzene rings is 1. The molecule has 0 aliphatic carbocycles. The summed E-state index contributed by atoms with van der Waals surface area (Å²) >= 11 is 0. The SMILES string of the molecule is [Si]C1=CCc2ccccc2O1. The second-order valence-electron chi connectivity index (χ2n) is 2.48. The topological polar surface area (TPSA) is 9.23 Å². The van der Waals surface area contributed by atoms with Crippen molar-refractivity contribution in [3.05, 3.63) is 41.3 Å². The van der Waals surface area contributed by atoms with Gasteiger partial charge in [0, 0.05) is 0 Å². The van der Waals surface area contributed by atoms with Crippen molar-refractivity contribution in [3.8, 4) is 5.75 Å². The van der Waals surface area contributed by atoms with E-state index in [1.165, 1.54) is 5.56 Å². The summed E-state index contributed by atoms with van der Waals surface area (Å²) in [4.78, 5) is 0. The number of fused-ring (bicyclic) bond motifs is 1. The van der Waals surface area contributed by atoms with Gasteiger partial charge < -0.3 is 4.74 Å². The molecule has 53 valence electrons. The van der Waals surface area contributed by atoms with Gasteiger partial charge in [0.15, 0.2) is 0 Å². The lowest BCUT2D eigenvalue weighted by molar-refractivity contribution is 0.446. The molecule has 1 aromatic rings. The van der Waals surface area contributed by atoms with Crippen molar-refractivity contribution in [1.29, 1.82) is 0 Å². The Kier molecular flexibility index (Phi) is 1.54. The first kappa shape index (κ1) is 6.67. The van der Waals surface area contributed by atoms with Crippen molar-refractivity contribution >= 4 is 10.2 Å². The summed E-state index contributed by atoms with van der Waals surface area (Å²) in [6, 6.07) is 8.05. The Morgan fingerprint density at radius 3 is 3.00 bits per heavy atom. The minimum atomic E-state index is 0.809. The number of allylic oxidation sites excluding steroid dienone is 1. The smallest absolute Gasteiger partial charge is 0.129 e. The van der Waals surface area contributed by atoms with Gasteiger partial charge in [-0.15, -0.1) is 0 Å². The lowest BCUT2D eigenvalue weighted by atomic mass is 10.1. The predicted octanol–water partition coefficient (Wildman–Crippen LogP) is 1.63. The van der Waals surface area contributed by atoms with Crippen LogP contribution in [0.15, 0.2) is 35.7 Å². The molecule has 0 unspecified atom stereocenters. The standard InChI is InChI=1S/C9H7OSi/c11-9-6-5-7-3-1-2-4-8(7)10-9/h1-4,6H,5H2. The third-order valence-electron chi connectivity index (χ3n) is 1.70. The van der Waals surface area contributed by atoms with Crippen molar-refractivity contribution in [2.75, 3.05) is 0 Å². The Hall–Kier alpha value is -1.02. The Balaban J connectivity index is 2.42. The van der Waals surface area contributed by atoms with E-state index in [-0.39, 0.29) is 0 Å². The molecule has 0 N–H and O–H groups in total. The molecule has 0 saturated carbocycles. The summed E-state index contributed by atoms with van der Waals surface area (Å²) in [7, 11) is 3.35. The van der Waals surface area contributed by atoms with Crippen LogP contribution in [-0.4, -0.2) is 10.2 Å². The first-order valence-electron chi connectivity index (χ1n) is 3.54. The van der Waals surface area contributed by atoms with Gasteiger partial charge in [-0.25, -0.2) is 0 Å². The van der Waals surface area contributed by atoms with Crippen molar-refractivity contribution in [1.82, 2.24) is 0 Å². The lowest BCUT2D eigenvalue weighted by Gasteiger charge is -2.14. The molecule has 1 aromatic carbocycles. The summed E-state index contributed by atoms with van der Waals surface area (Å²) in [5, 5.41) is 0.809. The second kappa shape index (κ2) is 2.55. The molecule has 0 spiro atoms. The maximum Gasteiger partial charge on any atom is 0.129 e. The molecule has 0 aromatic heterocycles. The van der Waals surface area contributed by atoms with Crippen molar-refractivity contribution < 1.29 is 4.74 Å². The van der Waals surface area contributed by atoms with Gasteiger partial charge in [-0.05, 0) is 24.1 Å². The van der Waals surface area contributed by atoms with Gasteiger partial charge in [-0.1, -0.05) is 18.2 Å². The molecular formula is C9H7OSi. The molecule has 1 heterocycles. The molecule has 0 bridgehead atoms. The maximum atomic E-state index is 5.41. The highest BCUT2D eigenvalue weighted by Crippen LogP contribution is 2.24. The summed E-state index contributed by atoms with van der Waals surface area (Å²) in [5.74, 6) is 0.958. The summed E-state index contributed by atoms with van der Waals surface area (Å²) in [6.07, 6.45) is 2.97. The van der Waals surface area contributed by atoms with Crippen LogP contribution in [0.25, 0.3) is 0 Å². The monoisotopic (exact) mass is 159 g/mol. The van der Waals surface area contributed by atoms with Gasteiger partial charge >= 0.3 is 0 Å². The minimum absolute atomic E-state index is 0.809. The molecule has 11 heavy (non-hydrogen) atoms. The van der Waals surface area contributed by atoms with E-state index in [0.29, 0.717) is 0 Å². The van der Waals surface area contributed by atoms with E-state index in [9.17, 15) is 0 Å². The molecule has 1 nitrogen and oxygen atoms in total. The molecule has 3 radical (unpaired) electrons. The third-order valence-corrected chi connectivity index (χ3v) is 2.01. The molecule has 0 atom stereocenters. The van der Waals surface area contributed by atoms with E-state index < -0.39 is 0 Å². The number of ether oxygens (including phenoxy) is 1. The largest absolute Gasteiger partial charge is 0.468 e. The molecule has 0 amide bonds. The molecule has 0 fully saturated rings. The van der Waals surface area contributed by atoms with E-state index in [0.717, 1.165) is 17.6 Å². The van der Waals surface area contributed by atoms with Crippen LogP contribution in [-0.2, 0) is 6.42 Å². The second-order valence-corrected chi connectivity index (χ2v) is 2.98. The fraction of sp³-hybridized carbons (Fsp3) is 0.111. The third kappa shape index (κ3) is 1.21. The van der Waals surface area contributed by atoms with Crippen molar-refractivity contribution in [3.63, 3.8) is 0 Å². The van der Waals surface area contributed by atoms with Gasteiger partial charge in [-0.3, -0.25) is 0 Å². The Morgan fingerprint density at radius 2 is 2.09 bits per heavy atom. The van der Waals surface area contributed by atoms with Gasteiger partial charge in [-0.2, -0.15) is 0 Å². The average Bonchev–Trinajstić information content (AvgIpc) is 2.04. The molecule has 2 heteroatoms. The number of hydrogen-bond acceptors (Lipinski definition) is 1. The van der Waals surface area contributed by atoms with E-state index in [1.807, 2.05) is 24.3 Å². The van der Waals surface area contributed by atoms with E-state index in [1.54, 1.807) is 0 Å². The van der Waals surface area contributed by atoms with Crippen LogP contribution in [0.3, 0.4) is 0 Å². The van der Waals surface area contributed by atoms with Crippen LogP contribution in [0.1, 0.15) is 5.56 Å². The first-order chi connectivity index (χ1) is 5.36. The van der Waals surface area contributed by atoms with Crippen LogP contribution in [0.4, 0.5) is 0 Å². The Labute approximate surface area is 69.1 Å². The number of rotatable bonds is 0. The fourth-order valence-corrected chi connectivity index (χ4v) is 1.35. The maximum absolute atomic E-state index is 5.41. The zero-order valence-corrected chi connectivity index (χ0v) is 7.00. The summed E-state index contributed by atoms with van der Waals surface area (Å²) < 4.78 is 5.41. The van der Waals surface area contributed by atoms with Crippen LogP contribution >= 0.6 is 0 Å². The molecule has 0 saturated heterocycles. The van der Waals surface area contributed by atoms with Crippen LogP contribution in [0.5, 0.6) is 5.75 Å². The first-order valence-corrected chi connectivity index (χ1v) is 4.04. The summed E-state index contributed by atoms with van der Waals surface area (Å²) in [6.45, 7) is 0. The minimum Gasteiger partial charge on any atom is -0.468 e.